The van der Waals surface area contributed by atoms with Gasteiger partial charge < -0.3 is 20.1 Å². The van der Waals surface area contributed by atoms with Crippen molar-refractivity contribution in [1.29, 1.82) is 0 Å². The maximum Gasteiger partial charge on any atom is 0.227 e. The molecule has 0 aromatic carbocycles. The number of aliphatic hydroxyl groups is 1. The molecule has 0 unspecified atom stereocenters. The predicted octanol–water partition coefficient (Wildman–Crippen LogP) is 0.0242. The zero-order valence-electron chi connectivity index (χ0n) is 10.2. The van der Waals surface area contributed by atoms with Crippen LogP contribution in [0.1, 0.15) is 5.69 Å². The van der Waals surface area contributed by atoms with Crippen LogP contribution >= 0.6 is 0 Å². The molecule has 0 saturated carbocycles. The molecule has 6 nitrogen and oxygen atoms in total. The first kappa shape index (κ1) is 12.1. The van der Waals surface area contributed by atoms with E-state index in [9.17, 15) is 0 Å². The summed E-state index contributed by atoms with van der Waals surface area (Å²) in [6.07, 6.45) is 0. The Kier molecular flexibility index (Phi) is 3.75. The molecule has 0 amide bonds. The summed E-state index contributed by atoms with van der Waals surface area (Å²) in [6, 6.07) is 2.26. The van der Waals surface area contributed by atoms with Gasteiger partial charge in [0, 0.05) is 25.4 Å². The van der Waals surface area contributed by atoms with Crippen LogP contribution in [0.15, 0.2) is 6.07 Å². The second kappa shape index (κ2) is 5.29. The Morgan fingerprint density at radius 1 is 1.53 bits per heavy atom. The van der Waals surface area contributed by atoms with Gasteiger partial charge in [-0.1, -0.05) is 0 Å². The average Bonchev–Trinajstić information content (AvgIpc) is 2.23. The lowest BCUT2D eigenvalue weighted by Crippen LogP contribution is -2.40. The van der Waals surface area contributed by atoms with Gasteiger partial charge in [-0.2, -0.15) is 4.98 Å². The first-order valence-corrected chi connectivity index (χ1v) is 5.71. The summed E-state index contributed by atoms with van der Waals surface area (Å²) in [5.74, 6) is 1.44. The minimum atomic E-state index is 0.0903. The highest BCUT2D eigenvalue weighted by Gasteiger charge is 2.19. The third-order valence-corrected chi connectivity index (χ3v) is 2.61. The number of anilines is 2. The fourth-order valence-corrected chi connectivity index (χ4v) is 1.58. The van der Waals surface area contributed by atoms with Gasteiger partial charge in [0.15, 0.2) is 0 Å². The summed E-state index contributed by atoms with van der Waals surface area (Å²) in [6.45, 7) is 4.00. The highest BCUT2D eigenvalue weighted by atomic mass is 16.5. The molecular formula is C11H18N4O2. The minimum Gasteiger partial charge on any atom is -0.395 e. The van der Waals surface area contributed by atoms with Gasteiger partial charge in [0.2, 0.25) is 5.95 Å². The molecule has 1 aromatic heterocycles. The van der Waals surface area contributed by atoms with E-state index in [1.807, 2.05) is 24.9 Å². The molecule has 0 aliphatic carbocycles. The van der Waals surface area contributed by atoms with Gasteiger partial charge >= 0.3 is 0 Å². The van der Waals surface area contributed by atoms with Gasteiger partial charge in [0.05, 0.1) is 25.9 Å². The highest BCUT2D eigenvalue weighted by Crippen LogP contribution is 2.15. The van der Waals surface area contributed by atoms with E-state index in [0.717, 1.165) is 24.7 Å². The Hall–Kier alpha value is -1.40. The van der Waals surface area contributed by atoms with E-state index in [0.29, 0.717) is 18.5 Å². The molecule has 0 radical (unpaired) electrons. The second-order valence-corrected chi connectivity index (χ2v) is 4.22. The van der Waals surface area contributed by atoms with Crippen LogP contribution in [0.2, 0.25) is 0 Å². The number of hydrogen-bond acceptors (Lipinski definition) is 6. The van der Waals surface area contributed by atoms with Crippen LogP contribution in [0.25, 0.3) is 0 Å². The van der Waals surface area contributed by atoms with E-state index in [-0.39, 0.29) is 6.61 Å². The van der Waals surface area contributed by atoms with Crippen LogP contribution in [0.5, 0.6) is 0 Å². The molecule has 1 saturated heterocycles. The van der Waals surface area contributed by atoms with Crippen molar-refractivity contribution in [2.24, 2.45) is 0 Å². The van der Waals surface area contributed by atoms with Crippen LogP contribution in [0.3, 0.4) is 0 Å². The Morgan fingerprint density at radius 2 is 2.29 bits per heavy atom. The molecule has 6 heteroatoms. The Labute approximate surface area is 101 Å². The molecule has 1 aliphatic rings. The standard InChI is InChI=1S/C11H18N4O2/c1-8-5-10(13-9-6-17-7-9)14-11(12-8)15(2)3-4-16/h5,9,16H,3-4,6-7H2,1-2H3,(H,12,13,14). The average molecular weight is 238 g/mol. The van der Waals surface area contributed by atoms with Crippen LogP contribution < -0.4 is 10.2 Å². The lowest BCUT2D eigenvalue weighted by Gasteiger charge is -2.27. The van der Waals surface area contributed by atoms with Crippen molar-refractivity contribution in [3.63, 3.8) is 0 Å². The highest BCUT2D eigenvalue weighted by molar-refractivity contribution is 5.44. The number of rotatable bonds is 5. The maximum atomic E-state index is 8.90. The molecule has 1 fully saturated rings. The van der Waals surface area contributed by atoms with Crippen LogP contribution in [0.4, 0.5) is 11.8 Å². The molecule has 0 atom stereocenters. The van der Waals surface area contributed by atoms with Crippen molar-refractivity contribution in [1.82, 2.24) is 9.97 Å². The Morgan fingerprint density at radius 3 is 2.88 bits per heavy atom. The number of aryl methyl sites for hydroxylation is 1. The summed E-state index contributed by atoms with van der Waals surface area (Å²) >= 11 is 0. The van der Waals surface area contributed by atoms with E-state index in [4.69, 9.17) is 9.84 Å². The van der Waals surface area contributed by atoms with Gasteiger partial charge in [-0.05, 0) is 6.92 Å². The molecule has 94 valence electrons. The van der Waals surface area contributed by atoms with Crippen molar-refractivity contribution in [3.8, 4) is 0 Å². The third kappa shape index (κ3) is 3.04. The summed E-state index contributed by atoms with van der Waals surface area (Å²) < 4.78 is 5.10. The normalized spacial score (nSPS) is 15.5. The molecule has 1 aromatic rings. The number of nitrogens with zero attached hydrogens (tertiary/aromatic N) is 3. The van der Waals surface area contributed by atoms with E-state index < -0.39 is 0 Å². The number of ether oxygens (including phenoxy) is 1. The number of hydrogen-bond donors (Lipinski definition) is 2. The van der Waals surface area contributed by atoms with Crippen molar-refractivity contribution >= 4 is 11.8 Å². The SMILES string of the molecule is Cc1cc(NC2COC2)nc(N(C)CCO)n1. The molecule has 1 aliphatic heterocycles. The van der Waals surface area contributed by atoms with Crippen LogP contribution in [-0.2, 0) is 4.74 Å². The smallest absolute Gasteiger partial charge is 0.227 e. The number of likely N-dealkylation sites (N-methyl/N-ethyl adjacent to an activating group) is 1. The number of aliphatic hydroxyl groups excluding tert-OH is 1. The predicted molar refractivity (Wildman–Crippen MR) is 65.4 cm³/mol. The molecule has 2 rings (SSSR count). The van der Waals surface area contributed by atoms with Gasteiger partial charge in [-0.25, -0.2) is 4.98 Å². The van der Waals surface area contributed by atoms with E-state index in [1.54, 1.807) is 0 Å². The lowest BCUT2D eigenvalue weighted by atomic mass is 10.2. The molecule has 0 bridgehead atoms. The monoisotopic (exact) mass is 238 g/mol. The zero-order valence-corrected chi connectivity index (χ0v) is 10.2. The van der Waals surface area contributed by atoms with Gasteiger partial charge in [-0.15, -0.1) is 0 Å². The van der Waals surface area contributed by atoms with Crippen LogP contribution in [-0.4, -0.2) is 54.5 Å². The molecule has 2 N–H and O–H groups in total. The fraction of sp³-hybridized carbons (Fsp3) is 0.636. The van der Waals surface area contributed by atoms with E-state index in [2.05, 4.69) is 15.3 Å². The molecule has 0 spiro atoms. The zero-order chi connectivity index (χ0) is 12.3. The van der Waals surface area contributed by atoms with Crippen molar-refractivity contribution in [2.45, 2.75) is 13.0 Å². The van der Waals surface area contributed by atoms with Crippen molar-refractivity contribution in [2.75, 3.05) is 43.6 Å². The van der Waals surface area contributed by atoms with Gasteiger partial charge in [0.1, 0.15) is 5.82 Å². The van der Waals surface area contributed by atoms with E-state index >= 15 is 0 Å². The number of nitrogens with one attached hydrogen (secondary N) is 1. The molecule has 17 heavy (non-hydrogen) atoms. The van der Waals surface area contributed by atoms with Gasteiger partial charge in [-0.3, -0.25) is 0 Å². The second-order valence-electron chi connectivity index (χ2n) is 4.22. The first-order valence-electron chi connectivity index (χ1n) is 5.71. The largest absolute Gasteiger partial charge is 0.395 e. The summed E-state index contributed by atoms with van der Waals surface area (Å²) in [5.41, 5.74) is 0.905. The number of aromatic nitrogens is 2. The quantitative estimate of drug-likeness (QED) is 0.754. The molecule has 2 heterocycles. The minimum absolute atomic E-state index is 0.0903. The van der Waals surface area contributed by atoms with Crippen molar-refractivity contribution in [3.05, 3.63) is 11.8 Å². The Balaban J connectivity index is 2.10. The third-order valence-electron chi connectivity index (χ3n) is 2.61. The maximum absolute atomic E-state index is 8.90. The lowest BCUT2D eigenvalue weighted by molar-refractivity contribution is 0.0209. The van der Waals surface area contributed by atoms with Crippen molar-refractivity contribution < 1.29 is 9.84 Å². The van der Waals surface area contributed by atoms with E-state index in [1.165, 1.54) is 0 Å². The summed E-state index contributed by atoms with van der Waals surface area (Å²) in [4.78, 5) is 10.6. The first-order chi connectivity index (χ1) is 8.19. The topological polar surface area (TPSA) is 70.5 Å². The van der Waals surface area contributed by atoms with Gasteiger partial charge in [0.25, 0.3) is 0 Å². The Bertz CT molecular complexity index is 382. The summed E-state index contributed by atoms with van der Waals surface area (Å²) in [5, 5.41) is 12.2. The fourth-order valence-electron chi connectivity index (χ4n) is 1.58. The van der Waals surface area contributed by atoms with Crippen LogP contribution in [0, 0.1) is 6.92 Å². The summed E-state index contributed by atoms with van der Waals surface area (Å²) in [7, 11) is 1.86. The molecular weight excluding hydrogens is 220 g/mol.